The van der Waals surface area contributed by atoms with E-state index in [-0.39, 0.29) is 5.91 Å². The second kappa shape index (κ2) is 6.55. The molecule has 1 aromatic carbocycles. The van der Waals surface area contributed by atoms with Gasteiger partial charge in [-0.25, -0.2) is 0 Å². The van der Waals surface area contributed by atoms with E-state index in [9.17, 15) is 4.79 Å². The topological polar surface area (TPSA) is 55.1 Å². The molecule has 1 aromatic rings. The van der Waals surface area contributed by atoms with Gasteiger partial charge in [0.2, 0.25) is 5.91 Å². The van der Waals surface area contributed by atoms with Gasteiger partial charge in [0, 0.05) is 5.69 Å². The van der Waals surface area contributed by atoms with Crippen LogP contribution in [0.4, 0.5) is 5.69 Å². The maximum atomic E-state index is 11.9. The average molecular weight is 248 g/mol. The zero-order valence-corrected chi connectivity index (χ0v) is 11.8. The van der Waals surface area contributed by atoms with Crippen molar-refractivity contribution in [3.8, 4) is 0 Å². The molecule has 1 atom stereocenters. The number of aryl methyl sites for hydroxylation is 2. The van der Waals surface area contributed by atoms with Crippen LogP contribution in [0.3, 0.4) is 0 Å². The van der Waals surface area contributed by atoms with Gasteiger partial charge in [-0.2, -0.15) is 0 Å². The first-order valence-corrected chi connectivity index (χ1v) is 6.60. The molecule has 1 rings (SSSR count). The van der Waals surface area contributed by atoms with Gasteiger partial charge in [-0.3, -0.25) is 4.79 Å². The fourth-order valence-electron chi connectivity index (χ4n) is 2.02. The average Bonchev–Trinajstić information content (AvgIpc) is 2.28. The van der Waals surface area contributed by atoms with Gasteiger partial charge < -0.3 is 11.1 Å². The van der Waals surface area contributed by atoms with E-state index in [0.717, 1.165) is 12.1 Å². The van der Waals surface area contributed by atoms with Gasteiger partial charge in [0.05, 0.1) is 6.04 Å². The van der Waals surface area contributed by atoms with Crippen LogP contribution < -0.4 is 11.1 Å². The van der Waals surface area contributed by atoms with Crippen LogP contribution in [-0.2, 0) is 11.2 Å². The van der Waals surface area contributed by atoms with E-state index in [1.165, 1.54) is 11.1 Å². The molecule has 3 nitrogen and oxygen atoms in total. The molecule has 18 heavy (non-hydrogen) atoms. The maximum absolute atomic E-state index is 11.9. The number of rotatable bonds is 5. The van der Waals surface area contributed by atoms with Crippen LogP contribution in [0.2, 0.25) is 0 Å². The first-order valence-electron chi connectivity index (χ1n) is 6.60. The molecule has 1 unspecified atom stereocenters. The van der Waals surface area contributed by atoms with E-state index in [4.69, 9.17) is 5.73 Å². The van der Waals surface area contributed by atoms with Crippen LogP contribution in [0, 0.1) is 12.8 Å². The summed E-state index contributed by atoms with van der Waals surface area (Å²) in [5, 5.41) is 2.88. The highest BCUT2D eigenvalue weighted by atomic mass is 16.2. The Morgan fingerprint density at radius 1 is 1.39 bits per heavy atom. The monoisotopic (exact) mass is 248 g/mol. The molecule has 0 spiro atoms. The van der Waals surface area contributed by atoms with Gasteiger partial charge in [0.1, 0.15) is 0 Å². The molecule has 100 valence electrons. The minimum Gasteiger partial charge on any atom is -0.325 e. The predicted octanol–water partition coefficient (Wildman–Crippen LogP) is 2.87. The van der Waals surface area contributed by atoms with Crippen LogP contribution in [0.25, 0.3) is 0 Å². The summed E-state index contributed by atoms with van der Waals surface area (Å²) in [5.74, 6) is 0.322. The van der Waals surface area contributed by atoms with Crippen LogP contribution >= 0.6 is 0 Å². The Morgan fingerprint density at radius 3 is 2.56 bits per heavy atom. The van der Waals surface area contributed by atoms with Crippen LogP contribution in [0.1, 0.15) is 38.3 Å². The van der Waals surface area contributed by atoms with Gasteiger partial charge in [-0.15, -0.1) is 0 Å². The number of benzene rings is 1. The third kappa shape index (κ3) is 4.15. The molecule has 0 fully saturated rings. The molecule has 0 bridgehead atoms. The van der Waals surface area contributed by atoms with Gasteiger partial charge in [-0.05, 0) is 48.9 Å². The van der Waals surface area contributed by atoms with E-state index in [2.05, 4.69) is 39.1 Å². The van der Waals surface area contributed by atoms with Gasteiger partial charge in [-0.1, -0.05) is 26.8 Å². The first kappa shape index (κ1) is 14.7. The molecular formula is C15H24N2O. The normalized spacial score (nSPS) is 12.6. The highest BCUT2D eigenvalue weighted by Gasteiger charge is 2.15. The summed E-state index contributed by atoms with van der Waals surface area (Å²) >= 11 is 0. The van der Waals surface area contributed by atoms with Crippen LogP contribution in [0.15, 0.2) is 18.2 Å². The third-order valence-electron chi connectivity index (χ3n) is 3.05. The maximum Gasteiger partial charge on any atom is 0.241 e. The van der Waals surface area contributed by atoms with Gasteiger partial charge in [0.15, 0.2) is 0 Å². The Morgan fingerprint density at radius 2 is 2.06 bits per heavy atom. The van der Waals surface area contributed by atoms with Crippen molar-refractivity contribution in [1.29, 1.82) is 0 Å². The highest BCUT2D eigenvalue weighted by molar-refractivity contribution is 5.94. The van der Waals surface area contributed by atoms with Crippen molar-refractivity contribution in [2.45, 2.75) is 46.6 Å². The number of hydrogen-bond acceptors (Lipinski definition) is 2. The molecule has 0 aliphatic carbocycles. The summed E-state index contributed by atoms with van der Waals surface area (Å²) in [6.07, 6.45) is 1.71. The quantitative estimate of drug-likeness (QED) is 0.842. The van der Waals surface area contributed by atoms with Crippen LogP contribution in [-0.4, -0.2) is 11.9 Å². The molecule has 0 saturated heterocycles. The standard InChI is InChI=1S/C15H24N2O/c1-5-12-6-7-13(9-11(12)4)17-15(18)14(16)8-10(2)3/h6-7,9-10,14H,5,8,16H2,1-4H3,(H,17,18). The van der Waals surface area contributed by atoms with Gasteiger partial charge in [0.25, 0.3) is 0 Å². The number of carbonyl (C=O) groups excluding carboxylic acids is 1. The molecule has 0 aliphatic rings. The Kier molecular flexibility index (Phi) is 5.35. The lowest BCUT2D eigenvalue weighted by atomic mass is 10.0. The van der Waals surface area contributed by atoms with Gasteiger partial charge >= 0.3 is 0 Å². The number of hydrogen-bond donors (Lipinski definition) is 2. The number of nitrogens with one attached hydrogen (secondary N) is 1. The lowest BCUT2D eigenvalue weighted by Gasteiger charge is -2.15. The third-order valence-corrected chi connectivity index (χ3v) is 3.05. The van der Waals surface area contributed by atoms with E-state index in [1.54, 1.807) is 0 Å². The number of carbonyl (C=O) groups is 1. The summed E-state index contributed by atoms with van der Waals surface area (Å²) in [5.41, 5.74) is 9.18. The molecule has 0 aliphatic heterocycles. The van der Waals surface area contributed by atoms with Crippen molar-refractivity contribution in [3.05, 3.63) is 29.3 Å². The Hall–Kier alpha value is -1.35. The minimum atomic E-state index is -0.434. The second-order valence-corrected chi connectivity index (χ2v) is 5.22. The molecule has 1 amide bonds. The second-order valence-electron chi connectivity index (χ2n) is 5.22. The number of anilines is 1. The summed E-state index contributed by atoms with van der Waals surface area (Å²) in [6, 6.07) is 5.56. The zero-order valence-electron chi connectivity index (χ0n) is 11.8. The first-order chi connectivity index (χ1) is 8.43. The van der Waals surface area contributed by atoms with E-state index >= 15 is 0 Å². The van der Waals surface area contributed by atoms with Crippen molar-refractivity contribution in [1.82, 2.24) is 0 Å². The van der Waals surface area contributed by atoms with Crippen molar-refractivity contribution in [2.24, 2.45) is 11.7 Å². The molecular weight excluding hydrogens is 224 g/mol. The minimum absolute atomic E-state index is 0.104. The molecule has 0 aromatic heterocycles. The van der Waals surface area contributed by atoms with Crippen molar-refractivity contribution in [2.75, 3.05) is 5.32 Å². The molecule has 3 heteroatoms. The largest absolute Gasteiger partial charge is 0.325 e. The Labute approximate surface area is 110 Å². The Bertz CT molecular complexity index is 413. The lowest BCUT2D eigenvalue weighted by Crippen LogP contribution is -2.36. The van der Waals surface area contributed by atoms with Crippen molar-refractivity contribution in [3.63, 3.8) is 0 Å². The summed E-state index contributed by atoms with van der Waals surface area (Å²) in [4.78, 5) is 11.9. The zero-order chi connectivity index (χ0) is 13.7. The molecule has 0 heterocycles. The van der Waals surface area contributed by atoms with E-state index in [0.29, 0.717) is 12.3 Å². The molecule has 0 radical (unpaired) electrons. The number of amides is 1. The highest BCUT2D eigenvalue weighted by Crippen LogP contribution is 2.16. The predicted molar refractivity (Wildman–Crippen MR) is 76.6 cm³/mol. The van der Waals surface area contributed by atoms with E-state index < -0.39 is 6.04 Å². The smallest absolute Gasteiger partial charge is 0.241 e. The Balaban J connectivity index is 2.67. The molecule has 0 saturated carbocycles. The fourth-order valence-corrected chi connectivity index (χ4v) is 2.02. The van der Waals surface area contributed by atoms with E-state index in [1.807, 2.05) is 12.1 Å². The summed E-state index contributed by atoms with van der Waals surface area (Å²) in [6.45, 7) is 8.31. The lowest BCUT2D eigenvalue weighted by molar-refractivity contribution is -0.117. The SMILES string of the molecule is CCc1ccc(NC(=O)C(N)CC(C)C)cc1C. The fraction of sp³-hybridized carbons (Fsp3) is 0.533. The summed E-state index contributed by atoms with van der Waals surface area (Å²) < 4.78 is 0. The van der Waals surface area contributed by atoms with Crippen molar-refractivity contribution < 1.29 is 4.79 Å². The van der Waals surface area contributed by atoms with Crippen molar-refractivity contribution >= 4 is 11.6 Å². The molecule has 3 N–H and O–H groups in total. The summed E-state index contributed by atoms with van der Waals surface area (Å²) in [7, 11) is 0. The number of nitrogens with two attached hydrogens (primary N) is 1. The van der Waals surface area contributed by atoms with Crippen LogP contribution in [0.5, 0.6) is 0 Å².